The number of nitrogens with two attached hydrogens (primary N) is 1. The zero-order valence-electron chi connectivity index (χ0n) is 12.3. The van der Waals surface area contributed by atoms with Gasteiger partial charge in [0.2, 0.25) is 0 Å². The summed E-state index contributed by atoms with van der Waals surface area (Å²) in [4.78, 5) is 14.9. The molecule has 3 N–H and O–H groups in total. The minimum absolute atomic E-state index is 0.329. The molecule has 120 valence electrons. The van der Waals surface area contributed by atoms with Gasteiger partial charge in [0.25, 0.3) is 5.91 Å². The van der Waals surface area contributed by atoms with E-state index in [1.165, 1.54) is 6.07 Å². The van der Waals surface area contributed by atoms with E-state index in [1.54, 1.807) is 10.7 Å². The number of hydrogen-bond donors (Lipinski definition) is 2. The highest BCUT2D eigenvalue weighted by atomic mass is 79.9. The molecule has 0 unspecified atom stereocenters. The number of H-pyrrole nitrogens is 1. The van der Waals surface area contributed by atoms with Crippen LogP contribution in [0.2, 0.25) is 5.02 Å². The SMILES string of the molecule is N#CC1(n2nc(Br)cc2-c2cc3cc(Cl)cc(C(N)=O)c3[nH]2)CC1. The number of amides is 1. The van der Waals surface area contributed by atoms with Crippen LogP contribution in [0.4, 0.5) is 0 Å². The second kappa shape index (κ2) is 5.10. The molecule has 4 rings (SSSR count). The molecule has 3 aromatic rings. The maximum atomic E-state index is 11.7. The van der Waals surface area contributed by atoms with Crippen LogP contribution in [0.1, 0.15) is 23.2 Å². The lowest BCUT2D eigenvalue weighted by molar-refractivity contribution is 0.100. The van der Waals surface area contributed by atoms with Crippen LogP contribution < -0.4 is 5.73 Å². The molecule has 8 heteroatoms. The molecule has 6 nitrogen and oxygen atoms in total. The van der Waals surface area contributed by atoms with Gasteiger partial charge in [-0.05, 0) is 47.0 Å². The van der Waals surface area contributed by atoms with E-state index in [1.807, 2.05) is 12.1 Å². The summed E-state index contributed by atoms with van der Waals surface area (Å²) in [6.07, 6.45) is 1.53. The Kier molecular flexibility index (Phi) is 3.24. The minimum atomic E-state index is -0.594. The van der Waals surface area contributed by atoms with Gasteiger partial charge in [-0.25, -0.2) is 4.68 Å². The van der Waals surface area contributed by atoms with Gasteiger partial charge >= 0.3 is 0 Å². The molecule has 2 aromatic heterocycles. The van der Waals surface area contributed by atoms with Crippen molar-refractivity contribution >= 4 is 44.3 Å². The van der Waals surface area contributed by atoms with Gasteiger partial charge in [-0.3, -0.25) is 4.79 Å². The Balaban J connectivity index is 1.95. The molecule has 0 radical (unpaired) electrons. The molecule has 1 saturated carbocycles. The quantitative estimate of drug-likeness (QED) is 0.698. The van der Waals surface area contributed by atoms with Crippen LogP contribution in [-0.4, -0.2) is 20.7 Å². The van der Waals surface area contributed by atoms with E-state index in [0.717, 1.165) is 29.6 Å². The summed E-state index contributed by atoms with van der Waals surface area (Å²) >= 11 is 9.45. The number of carbonyl (C=O) groups is 1. The molecule has 0 aliphatic heterocycles. The average Bonchev–Trinajstić information content (AvgIpc) is 3.06. The van der Waals surface area contributed by atoms with Crippen molar-refractivity contribution in [1.82, 2.24) is 14.8 Å². The Labute approximate surface area is 150 Å². The van der Waals surface area contributed by atoms with Gasteiger partial charge in [0.05, 0.1) is 28.5 Å². The number of hydrogen-bond acceptors (Lipinski definition) is 3. The van der Waals surface area contributed by atoms with Crippen LogP contribution >= 0.6 is 27.5 Å². The number of nitrogens with zero attached hydrogens (tertiary/aromatic N) is 3. The first kappa shape index (κ1) is 15.2. The molecule has 1 amide bonds. The maximum absolute atomic E-state index is 11.7. The summed E-state index contributed by atoms with van der Waals surface area (Å²) in [6, 6.07) is 9.35. The summed E-state index contributed by atoms with van der Waals surface area (Å²) < 4.78 is 2.37. The van der Waals surface area contributed by atoms with Crippen LogP contribution in [-0.2, 0) is 5.54 Å². The van der Waals surface area contributed by atoms with Gasteiger partial charge in [0.15, 0.2) is 0 Å². The highest BCUT2D eigenvalue weighted by Gasteiger charge is 2.47. The van der Waals surface area contributed by atoms with Crippen molar-refractivity contribution in [3.05, 3.63) is 39.5 Å². The van der Waals surface area contributed by atoms with E-state index < -0.39 is 11.4 Å². The minimum Gasteiger partial charge on any atom is -0.366 e. The van der Waals surface area contributed by atoms with Crippen LogP contribution in [0, 0.1) is 11.3 Å². The Morgan fingerprint density at radius 3 is 2.79 bits per heavy atom. The number of nitrogens with one attached hydrogen (secondary N) is 1. The fourth-order valence-electron chi connectivity index (χ4n) is 2.90. The van der Waals surface area contributed by atoms with Gasteiger partial charge in [-0.1, -0.05) is 11.6 Å². The van der Waals surface area contributed by atoms with Crippen molar-refractivity contribution in [3.8, 4) is 17.5 Å². The number of aromatic nitrogens is 3. The molecule has 1 aliphatic rings. The Hall–Kier alpha value is -2.30. The molecular weight excluding hydrogens is 394 g/mol. The van der Waals surface area contributed by atoms with Crippen LogP contribution in [0.25, 0.3) is 22.3 Å². The van der Waals surface area contributed by atoms with Crippen LogP contribution in [0.3, 0.4) is 0 Å². The van der Waals surface area contributed by atoms with Gasteiger partial charge in [-0.2, -0.15) is 10.4 Å². The Morgan fingerprint density at radius 1 is 1.42 bits per heavy atom. The number of rotatable bonds is 3. The maximum Gasteiger partial charge on any atom is 0.250 e. The van der Waals surface area contributed by atoms with E-state index in [9.17, 15) is 10.1 Å². The topological polar surface area (TPSA) is 100 Å². The van der Waals surface area contributed by atoms with Crippen molar-refractivity contribution in [1.29, 1.82) is 5.26 Å². The summed E-state index contributed by atoms with van der Waals surface area (Å²) in [5, 5.41) is 15.1. The summed E-state index contributed by atoms with van der Waals surface area (Å²) in [6.45, 7) is 0. The molecule has 0 saturated heterocycles. The van der Waals surface area contributed by atoms with Gasteiger partial charge in [-0.15, -0.1) is 0 Å². The normalized spacial score (nSPS) is 15.4. The first-order valence-corrected chi connectivity index (χ1v) is 8.40. The van der Waals surface area contributed by atoms with E-state index in [4.69, 9.17) is 17.3 Å². The van der Waals surface area contributed by atoms with Crippen LogP contribution in [0.5, 0.6) is 0 Å². The fourth-order valence-corrected chi connectivity index (χ4v) is 3.50. The van der Waals surface area contributed by atoms with Crippen molar-refractivity contribution in [2.45, 2.75) is 18.4 Å². The number of halogens is 2. The fraction of sp³-hybridized carbons (Fsp3) is 0.188. The lowest BCUT2D eigenvalue weighted by Crippen LogP contribution is -2.17. The largest absolute Gasteiger partial charge is 0.366 e. The van der Waals surface area contributed by atoms with Crippen molar-refractivity contribution in [2.24, 2.45) is 5.73 Å². The lowest BCUT2D eigenvalue weighted by atomic mass is 10.1. The second-order valence-corrected chi connectivity index (χ2v) is 7.12. The smallest absolute Gasteiger partial charge is 0.250 e. The van der Waals surface area contributed by atoms with Gasteiger partial charge in [0.1, 0.15) is 10.1 Å². The van der Waals surface area contributed by atoms with Crippen molar-refractivity contribution in [2.75, 3.05) is 0 Å². The number of carbonyl (C=O) groups excluding carboxylic acids is 1. The monoisotopic (exact) mass is 403 g/mol. The van der Waals surface area contributed by atoms with Crippen molar-refractivity contribution < 1.29 is 4.79 Å². The van der Waals surface area contributed by atoms with E-state index in [-0.39, 0.29) is 0 Å². The number of benzene rings is 1. The third kappa shape index (κ3) is 2.22. The molecule has 0 bridgehead atoms. The predicted octanol–water partition coefficient (Wildman–Crippen LogP) is 3.56. The number of nitriles is 1. The number of aromatic amines is 1. The first-order valence-electron chi connectivity index (χ1n) is 7.23. The van der Waals surface area contributed by atoms with E-state index in [2.05, 4.69) is 32.1 Å². The molecule has 24 heavy (non-hydrogen) atoms. The zero-order chi connectivity index (χ0) is 17.1. The Morgan fingerprint density at radius 2 is 2.17 bits per heavy atom. The summed E-state index contributed by atoms with van der Waals surface area (Å²) in [7, 11) is 0. The first-order chi connectivity index (χ1) is 11.4. The molecular formula is C16H11BrClN5O. The van der Waals surface area contributed by atoms with Crippen LogP contribution in [0.15, 0.2) is 28.9 Å². The van der Waals surface area contributed by atoms with Gasteiger partial charge < -0.3 is 10.7 Å². The second-order valence-electron chi connectivity index (χ2n) is 5.87. The number of fused-ring (bicyclic) bond motifs is 1. The third-order valence-corrected chi connectivity index (χ3v) is 4.86. The molecule has 1 aliphatic carbocycles. The molecule has 0 spiro atoms. The summed E-state index contributed by atoms with van der Waals surface area (Å²) in [5.41, 5.74) is 7.31. The predicted molar refractivity (Wildman–Crippen MR) is 93.6 cm³/mol. The standard InChI is InChI=1S/C16H11BrClN5O/c17-13-6-12(23(22-13)16(7-19)1-2-16)11-4-8-3-9(18)5-10(15(20)24)14(8)21-11/h3-6,21H,1-2H2,(H2,20,24). The van der Waals surface area contributed by atoms with E-state index in [0.29, 0.717) is 20.7 Å². The number of primary amides is 1. The molecule has 2 heterocycles. The molecule has 0 atom stereocenters. The molecule has 1 fully saturated rings. The third-order valence-electron chi connectivity index (χ3n) is 4.25. The molecule has 1 aromatic carbocycles. The highest BCUT2D eigenvalue weighted by molar-refractivity contribution is 9.10. The Bertz CT molecular complexity index is 1040. The lowest BCUT2D eigenvalue weighted by Gasteiger charge is -2.10. The summed E-state index contributed by atoms with van der Waals surface area (Å²) in [5.74, 6) is -0.554. The van der Waals surface area contributed by atoms with E-state index >= 15 is 0 Å². The highest BCUT2D eigenvalue weighted by Crippen LogP contribution is 2.45. The zero-order valence-corrected chi connectivity index (χ0v) is 14.6. The van der Waals surface area contributed by atoms with Crippen molar-refractivity contribution in [3.63, 3.8) is 0 Å². The average molecular weight is 405 g/mol. The van der Waals surface area contributed by atoms with Gasteiger partial charge in [0, 0.05) is 16.5 Å².